The maximum Gasteiger partial charge on any atom is 0.275 e. The molecule has 0 unspecified atom stereocenters. The van der Waals surface area contributed by atoms with E-state index in [-0.39, 0.29) is 12.2 Å². The number of hydrogen-bond acceptors (Lipinski definition) is 6. The molecule has 0 fully saturated rings. The molecule has 0 amide bonds. The van der Waals surface area contributed by atoms with E-state index >= 15 is 0 Å². The Labute approximate surface area is 157 Å². The summed E-state index contributed by atoms with van der Waals surface area (Å²) in [5, 5.41) is 13.7. The maximum absolute atomic E-state index is 13.0. The van der Waals surface area contributed by atoms with E-state index in [1.165, 1.54) is 22.2 Å². The zero-order valence-corrected chi connectivity index (χ0v) is 15.2. The third-order valence-corrected chi connectivity index (χ3v) is 5.36. The minimum Gasteiger partial charge on any atom is -0.396 e. The van der Waals surface area contributed by atoms with Crippen molar-refractivity contribution in [3.63, 3.8) is 0 Å². The Morgan fingerprint density at radius 1 is 1.19 bits per heavy atom. The van der Waals surface area contributed by atoms with E-state index in [9.17, 15) is 4.79 Å². The summed E-state index contributed by atoms with van der Waals surface area (Å²) in [6.07, 6.45) is 3.88. The molecule has 3 heterocycles. The summed E-state index contributed by atoms with van der Waals surface area (Å²) >= 11 is 7.26. The molecule has 132 valence electrons. The van der Waals surface area contributed by atoms with Crippen LogP contribution in [0.1, 0.15) is 6.42 Å². The lowest BCUT2D eigenvalue weighted by atomic mass is 10.2. The number of fused-ring (bicyclic) bond motifs is 3. The van der Waals surface area contributed by atoms with Gasteiger partial charge in [-0.15, -0.1) is 11.3 Å². The summed E-state index contributed by atoms with van der Waals surface area (Å²) in [5.41, 5.74) is 2.08. The molecule has 0 atom stereocenters. The standard InChI is InChI=1S/C18H15ClN4O2S/c19-11-2-4-12(5-3-11)23-10-22-15-14-13(20-7-1-9-24)6-8-21-17(14)26-16(15)18(23)25/h2-6,8,10,24H,1,7,9H2,(H,20,21). The van der Waals surface area contributed by atoms with Gasteiger partial charge >= 0.3 is 0 Å². The van der Waals surface area contributed by atoms with Gasteiger partial charge in [0.05, 0.1) is 16.6 Å². The van der Waals surface area contributed by atoms with Crippen molar-refractivity contribution in [3.8, 4) is 5.69 Å². The number of aliphatic hydroxyl groups excluding tert-OH is 1. The zero-order chi connectivity index (χ0) is 18.1. The van der Waals surface area contributed by atoms with E-state index < -0.39 is 0 Å². The zero-order valence-electron chi connectivity index (χ0n) is 13.6. The fourth-order valence-electron chi connectivity index (χ4n) is 2.79. The number of aromatic nitrogens is 3. The van der Waals surface area contributed by atoms with Gasteiger partial charge in [0.1, 0.15) is 15.9 Å². The van der Waals surface area contributed by atoms with Gasteiger partial charge in [0, 0.05) is 30.1 Å². The van der Waals surface area contributed by atoms with Gasteiger partial charge in [-0.1, -0.05) is 11.6 Å². The number of halogens is 1. The lowest BCUT2D eigenvalue weighted by molar-refractivity contribution is 0.292. The van der Waals surface area contributed by atoms with Crippen molar-refractivity contribution in [2.45, 2.75) is 6.42 Å². The third kappa shape index (κ3) is 2.94. The Balaban J connectivity index is 1.88. The van der Waals surface area contributed by atoms with Gasteiger partial charge in [-0.05, 0) is 36.8 Å². The molecule has 0 aliphatic heterocycles. The van der Waals surface area contributed by atoms with Crippen molar-refractivity contribution in [1.29, 1.82) is 0 Å². The van der Waals surface area contributed by atoms with E-state index in [4.69, 9.17) is 16.7 Å². The molecule has 4 rings (SSSR count). The van der Waals surface area contributed by atoms with Gasteiger partial charge < -0.3 is 10.4 Å². The van der Waals surface area contributed by atoms with Crippen LogP contribution in [-0.2, 0) is 0 Å². The number of aliphatic hydroxyl groups is 1. The Kier molecular flexibility index (Phi) is 4.58. The molecule has 4 aromatic rings. The summed E-state index contributed by atoms with van der Waals surface area (Å²) < 4.78 is 2.06. The van der Waals surface area contributed by atoms with Crippen molar-refractivity contribution in [2.24, 2.45) is 0 Å². The average Bonchev–Trinajstić information content (AvgIpc) is 3.04. The van der Waals surface area contributed by atoms with Crippen LogP contribution in [-0.4, -0.2) is 32.8 Å². The molecule has 0 aliphatic rings. The second kappa shape index (κ2) is 7.03. The highest BCUT2D eigenvalue weighted by Gasteiger charge is 2.16. The molecule has 8 heteroatoms. The number of nitrogens with zero attached hydrogens (tertiary/aromatic N) is 3. The van der Waals surface area contributed by atoms with Gasteiger partial charge in [0.15, 0.2) is 0 Å². The number of rotatable bonds is 5. The molecule has 6 nitrogen and oxygen atoms in total. The minimum absolute atomic E-state index is 0.121. The number of thiophene rings is 1. The number of pyridine rings is 1. The van der Waals surface area contributed by atoms with Gasteiger partial charge in [-0.25, -0.2) is 9.97 Å². The summed E-state index contributed by atoms with van der Waals surface area (Å²) in [5.74, 6) is 0. The van der Waals surface area contributed by atoms with E-state index in [1.807, 2.05) is 6.07 Å². The highest BCUT2D eigenvalue weighted by molar-refractivity contribution is 7.25. The van der Waals surface area contributed by atoms with Gasteiger partial charge in [-0.3, -0.25) is 9.36 Å². The van der Waals surface area contributed by atoms with Crippen LogP contribution in [0.15, 0.2) is 47.7 Å². The summed E-state index contributed by atoms with van der Waals surface area (Å²) in [6, 6.07) is 8.90. The first-order valence-corrected chi connectivity index (χ1v) is 9.28. The molecule has 0 radical (unpaired) electrons. The fourth-order valence-corrected chi connectivity index (χ4v) is 3.97. The molecule has 0 spiro atoms. The molecule has 3 aromatic heterocycles. The van der Waals surface area contributed by atoms with Gasteiger partial charge in [-0.2, -0.15) is 0 Å². The van der Waals surface area contributed by atoms with Crippen LogP contribution in [0.3, 0.4) is 0 Å². The van der Waals surface area contributed by atoms with Crippen LogP contribution in [0.25, 0.3) is 26.1 Å². The van der Waals surface area contributed by atoms with Crippen molar-refractivity contribution in [3.05, 3.63) is 58.2 Å². The Bertz CT molecular complexity index is 1140. The summed E-state index contributed by atoms with van der Waals surface area (Å²) in [7, 11) is 0. The topological polar surface area (TPSA) is 80.0 Å². The van der Waals surface area contributed by atoms with Crippen LogP contribution in [0, 0.1) is 0 Å². The normalized spacial score (nSPS) is 11.3. The fraction of sp³-hybridized carbons (Fsp3) is 0.167. The molecule has 26 heavy (non-hydrogen) atoms. The molecular formula is C18H15ClN4O2S. The lowest BCUT2D eigenvalue weighted by Crippen LogP contribution is -2.17. The first kappa shape index (κ1) is 17.0. The molecular weight excluding hydrogens is 372 g/mol. The van der Waals surface area contributed by atoms with Crippen molar-refractivity contribution in [2.75, 3.05) is 18.5 Å². The third-order valence-electron chi connectivity index (χ3n) is 4.04. The number of benzene rings is 1. The predicted octanol–water partition coefficient (Wildman–Crippen LogP) is 3.44. The maximum atomic E-state index is 13.0. The quantitative estimate of drug-likeness (QED) is 0.513. The van der Waals surface area contributed by atoms with Crippen molar-refractivity contribution in [1.82, 2.24) is 14.5 Å². The largest absolute Gasteiger partial charge is 0.396 e. The van der Waals surface area contributed by atoms with Crippen molar-refractivity contribution < 1.29 is 5.11 Å². The number of anilines is 1. The number of nitrogens with one attached hydrogen (secondary N) is 1. The van der Waals surface area contributed by atoms with Crippen LogP contribution >= 0.6 is 22.9 Å². The minimum atomic E-state index is -0.137. The number of hydrogen-bond donors (Lipinski definition) is 2. The summed E-state index contributed by atoms with van der Waals surface area (Å²) in [6.45, 7) is 0.754. The molecule has 0 saturated carbocycles. The smallest absolute Gasteiger partial charge is 0.275 e. The van der Waals surface area contributed by atoms with E-state index in [0.29, 0.717) is 33.9 Å². The van der Waals surface area contributed by atoms with Gasteiger partial charge in [0.2, 0.25) is 0 Å². The van der Waals surface area contributed by atoms with E-state index in [2.05, 4.69) is 15.3 Å². The Hall–Kier alpha value is -2.48. The first-order chi connectivity index (χ1) is 12.7. The molecule has 0 bridgehead atoms. The first-order valence-electron chi connectivity index (χ1n) is 8.08. The molecule has 1 aromatic carbocycles. The van der Waals surface area contributed by atoms with Crippen LogP contribution in [0.5, 0.6) is 0 Å². The van der Waals surface area contributed by atoms with Crippen LogP contribution < -0.4 is 10.9 Å². The molecule has 0 saturated heterocycles. The summed E-state index contributed by atoms with van der Waals surface area (Å²) in [4.78, 5) is 22.6. The van der Waals surface area contributed by atoms with E-state index in [0.717, 1.165) is 15.9 Å². The average molecular weight is 387 g/mol. The predicted molar refractivity (Wildman–Crippen MR) is 106 cm³/mol. The van der Waals surface area contributed by atoms with E-state index in [1.54, 1.807) is 30.5 Å². The monoisotopic (exact) mass is 386 g/mol. The SMILES string of the molecule is O=c1c2sc3nccc(NCCCO)c3c2ncn1-c1ccc(Cl)cc1. The highest BCUT2D eigenvalue weighted by Crippen LogP contribution is 2.34. The van der Waals surface area contributed by atoms with Crippen molar-refractivity contribution >= 4 is 49.1 Å². The Morgan fingerprint density at radius 2 is 2.00 bits per heavy atom. The molecule has 0 aliphatic carbocycles. The molecule has 2 N–H and O–H groups in total. The van der Waals surface area contributed by atoms with Gasteiger partial charge in [0.25, 0.3) is 5.56 Å². The highest BCUT2D eigenvalue weighted by atomic mass is 35.5. The second-order valence-electron chi connectivity index (χ2n) is 5.72. The van der Waals surface area contributed by atoms with Crippen LogP contribution in [0.4, 0.5) is 5.69 Å². The second-order valence-corrected chi connectivity index (χ2v) is 7.15. The Morgan fingerprint density at radius 3 is 2.77 bits per heavy atom. The van der Waals surface area contributed by atoms with Crippen LogP contribution in [0.2, 0.25) is 5.02 Å². The lowest BCUT2D eigenvalue weighted by Gasteiger charge is -2.07.